The van der Waals surface area contributed by atoms with Crippen molar-refractivity contribution in [2.24, 2.45) is 0 Å². The lowest BCUT2D eigenvalue weighted by atomic mass is 10.3. The van der Waals surface area contributed by atoms with E-state index in [9.17, 15) is 0 Å². The fraction of sp³-hybridized carbons (Fsp3) is 0.250. The zero-order chi connectivity index (χ0) is 14.8. The van der Waals surface area contributed by atoms with Crippen molar-refractivity contribution in [1.29, 1.82) is 0 Å². The molecule has 108 valence electrons. The molecule has 3 rings (SSSR count). The van der Waals surface area contributed by atoms with Crippen molar-refractivity contribution in [3.8, 4) is 5.75 Å². The van der Waals surface area contributed by atoms with E-state index in [1.165, 1.54) is 0 Å². The Morgan fingerprint density at radius 1 is 1.24 bits per heavy atom. The standard InChI is InChI=1S/C16H18N4O/c1-11(2)20-14-7-8-18-9-13(14)19-16(20)10-21-15-6-4-3-5-12(15)17/h3-9,11H,10,17H2,1-2H3. The van der Waals surface area contributed by atoms with E-state index in [2.05, 4.69) is 28.4 Å². The molecule has 0 fully saturated rings. The Morgan fingerprint density at radius 2 is 2.05 bits per heavy atom. The second-order valence-electron chi connectivity index (χ2n) is 5.18. The fourth-order valence-electron chi connectivity index (χ4n) is 2.43. The van der Waals surface area contributed by atoms with E-state index >= 15 is 0 Å². The second-order valence-corrected chi connectivity index (χ2v) is 5.18. The van der Waals surface area contributed by atoms with Crippen molar-refractivity contribution >= 4 is 16.7 Å². The summed E-state index contributed by atoms with van der Waals surface area (Å²) in [5, 5.41) is 0. The molecule has 0 radical (unpaired) electrons. The number of nitrogens with zero attached hydrogens (tertiary/aromatic N) is 3. The van der Waals surface area contributed by atoms with Gasteiger partial charge in [-0.25, -0.2) is 4.98 Å². The van der Waals surface area contributed by atoms with Gasteiger partial charge in [-0.1, -0.05) is 12.1 Å². The van der Waals surface area contributed by atoms with Crippen molar-refractivity contribution in [3.63, 3.8) is 0 Å². The monoisotopic (exact) mass is 282 g/mol. The quantitative estimate of drug-likeness (QED) is 0.746. The number of nitrogen functional groups attached to an aromatic ring is 1. The second kappa shape index (κ2) is 5.44. The van der Waals surface area contributed by atoms with Gasteiger partial charge >= 0.3 is 0 Å². The van der Waals surface area contributed by atoms with Crippen LogP contribution in [-0.2, 0) is 6.61 Å². The highest BCUT2D eigenvalue weighted by atomic mass is 16.5. The summed E-state index contributed by atoms with van der Waals surface area (Å²) in [4.78, 5) is 8.74. The minimum absolute atomic E-state index is 0.295. The molecule has 0 unspecified atom stereocenters. The van der Waals surface area contributed by atoms with Crippen LogP contribution in [0.1, 0.15) is 25.7 Å². The van der Waals surface area contributed by atoms with Crippen LogP contribution >= 0.6 is 0 Å². The first-order valence-electron chi connectivity index (χ1n) is 6.95. The summed E-state index contributed by atoms with van der Waals surface area (Å²) in [6.07, 6.45) is 3.55. The number of hydrogen-bond acceptors (Lipinski definition) is 4. The number of rotatable bonds is 4. The molecule has 0 aliphatic heterocycles. The number of aromatic nitrogens is 3. The average Bonchev–Trinajstić information content (AvgIpc) is 2.85. The molecule has 0 saturated carbocycles. The van der Waals surface area contributed by atoms with Gasteiger partial charge in [0.15, 0.2) is 0 Å². The molecule has 2 N–H and O–H groups in total. The molecule has 0 aliphatic rings. The van der Waals surface area contributed by atoms with Gasteiger partial charge in [0.2, 0.25) is 0 Å². The van der Waals surface area contributed by atoms with E-state index in [0.717, 1.165) is 16.9 Å². The number of hydrogen-bond donors (Lipinski definition) is 1. The number of anilines is 1. The first-order chi connectivity index (χ1) is 10.2. The lowest BCUT2D eigenvalue weighted by Gasteiger charge is -2.14. The molecule has 0 aliphatic carbocycles. The Morgan fingerprint density at radius 3 is 2.81 bits per heavy atom. The average molecular weight is 282 g/mol. The van der Waals surface area contributed by atoms with Gasteiger partial charge in [-0.2, -0.15) is 0 Å². The number of benzene rings is 1. The van der Waals surface area contributed by atoms with Gasteiger partial charge in [0.25, 0.3) is 0 Å². The first-order valence-corrected chi connectivity index (χ1v) is 6.95. The Bertz CT molecular complexity index is 764. The van der Waals surface area contributed by atoms with Crippen LogP contribution in [0, 0.1) is 0 Å². The fourth-order valence-corrected chi connectivity index (χ4v) is 2.43. The molecule has 0 spiro atoms. The van der Waals surface area contributed by atoms with Crippen molar-refractivity contribution in [3.05, 3.63) is 48.5 Å². The SMILES string of the molecule is CC(C)n1c(COc2ccccc2N)nc2cnccc21. The maximum atomic E-state index is 5.90. The van der Waals surface area contributed by atoms with E-state index in [-0.39, 0.29) is 0 Å². The van der Waals surface area contributed by atoms with Gasteiger partial charge in [0.05, 0.1) is 17.4 Å². The Balaban J connectivity index is 1.93. The summed E-state index contributed by atoms with van der Waals surface area (Å²) in [6, 6.07) is 9.74. The molecule has 0 bridgehead atoms. The van der Waals surface area contributed by atoms with E-state index in [1.54, 1.807) is 12.4 Å². The summed E-state index contributed by atoms with van der Waals surface area (Å²) < 4.78 is 7.98. The Labute approximate surface area is 123 Å². The number of nitrogens with two attached hydrogens (primary N) is 1. The van der Waals surface area contributed by atoms with Gasteiger partial charge in [-0.05, 0) is 32.0 Å². The van der Waals surface area contributed by atoms with Crippen LogP contribution < -0.4 is 10.5 Å². The molecule has 0 saturated heterocycles. The van der Waals surface area contributed by atoms with E-state index < -0.39 is 0 Å². The van der Waals surface area contributed by atoms with E-state index in [1.807, 2.05) is 30.3 Å². The number of ether oxygens (including phenoxy) is 1. The molecule has 0 amide bonds. The minimum Gasteiger partial charge on any atom is -0.484 e. The number of pyridine rings is 1. The Kier molecular flexibility index (Phi) is 3.48. The van der Waals surface area contributed by atoms with Crippen LogP contribution in [0.5, 0.6) is 5.75 Å². The van der Waals surface area contributed by atoms with Crippen LogP contribution in [-0.4, -0.2) is 14.5 Å². The molecule has 21 heavy (non-hydrogen) atoms. The maximum Gasteiger partial charge on any atom is 0.148 e. The normalized spacial score (nSPS) is 11.2. The summed E-state index contributed by atoms with van der Waals surface area (Å²) in [5.74, 6) is 1.55. The lowest BCUT2D eigenvalue weighted by molar-refractivity contribution is 0.289. The third-order valence-electron chi connectivity index (χ3n) is 3.36. The first kappa shape index (κ1) is 13.4. The molecule has 5 nitrogen and oxygen atoms in total. The van der Waals surface area contributed by atoms with Gasteiger partial charge in [-0.15, -0.1) is 0 Å². The van der Waals surface area contributed by atoms with Crippen molar-refractivity contribution in [2.75, 3.05) is 5.73 Å². The summed E-state index contributed by atoms with van der Waals surface area (Å²) >= 11 is 0. The maximum absolute atomic E-state index is 5.90. The van der Waals surface area contributed by atoms with Crippen LogP contribution in [0.4, 0.5) is 5.69 Å². The number of para-hydroxylation sites is 2. The zero-order valence-corrected chi connectivity index (χ0v) is 12.2. The third kappa shape index (κ3) is 2.54. The van der Waals surface area contributed by atoms with Gasteiger partial charge in [-0.3, -0.25) is 4.98 Å². The molecule has 2 heterocycles. The smallest absolute Gasteiger partial charge is 0.148 e. The molecule has 0 atom stereocenters. The predicted octanol–water partition coefficient (Wildman–Crippen LogP) is 3.17. The highest BCUT2D eigenvalue weighted by Crippen LogP contribution is 2.24. The van der Waals surface area contributed by atoms with Gasteiger partial charge < -0.3 is 15.0 Å². The van der Waals surface area contributed by atoms with Gasteiger partial charge in [0, 0.05) is 12.2 Å². The minimum atomic E-state index is 0.295. The topological polar surface area (TPSA) is 66.0 Å². The Hall–Kier alpha value is -2.56. The van der Waals surface area contributed by atoms with Crippen LogP contribution in [0.15, 0.2) is 42.7 Å². The summed E-state index contributed by atoms with van der Waals surface area (Å²) in [7, 11) is 0. The largest absolute Gasteiger partial charge is 0.484 e. The van der Waals surface area contributed by atoms with Crippen LogP contribution in [0.3, 0.4) is 0 Å². The summed E-state index contributed by atoms with van der Waals surface area (Å²) in [5.41, 5.74) is 8.48. The van der Waals surface area contributed by atoms with Crippen molar-refractivity contribution in [2.45, 2.75) is 26.5 Å². The molecule has 2 aromatic heterocycles. The summed E-state index contributed by atoms with van der Waals surface area (Å²) in [6.45, 7) is 4.63. The molecular formula is C16H18N4O. The highest BCUT2D eigenvalue weighted by molar-refractivity contribution is 5.74. The van der Waals surface area contributed by atoms with Crippen molar-refractivity contribution < 1.29 is 4.74 Å². The highest BCUT2D eigenvalue weighted by Gasteiger charge is 2.14. The molecule has 3 aromatic rings. The van der Waals surface area contributed by atoms with Crippen LogP contribution in [0.2, 0.25) is 0 Å². The van der Waals surface area contributed by atoms with Gasteiger partial charge in [0.1, 0.15) is 23.7 Å². The predicted molar refractivity (Wildman–Crippen MR) is 83.1 cm³/mol. The van der Waals surface area contributed by atoms with E-state index in [4.69, 9.17) is 10.5 Å². The molecule has 5 heteroatoms. The number of imidazole rings is 1. The van der Waals surface area contributed by atoms with E-state index in [0.29, 0.717) is 24.1 Å². The molecular weight excluding hydrogens is 264 g/mol. The third-order valence-corrected chi connectivity index (χ3v) is 3.36. The van der Waals surface area contributed by atoms with Crippen LogP contribution in [0.25, 0.3) is 11.0 Å². The van der Waals surface area contributed by atoms with Crippen molar-refractivity contribution in [1.82, 2.24) is 14.5 Å². The zero-order valence-electron chi connectivity index (χ0n) is 12.2. The number of fused-ring (bicyclic) bond motifs is 1. The lowest BCUT2D eigenvalue weighted by Crippen LogP contribution is -2.09. The molecule has 1 aromatic carbocycles.